The molecule has 5 N–H and O–H groups in total. The number of halogens is 4. The fourth-order valence-electron chi connectivity index (χ4n) is 3.54. The number of rotatable bonds is 7. The lowest BCUT2D eigenvalue weighted by Crippen LogP contribution is -2.64. The van der Waals surface area contributed by atoms with Crippen molar-refractivity contribution in [2.45, 2.75) is 34.7 Å². The molecule has 1 fully saturated rings. The van der Waals surface area contributed by atoms with E-state index in [9.17, 15) is 27.9 Å². The molecular formula is C19H18BrF3N4O7PS-. The number of aliphatic hydroxyl groups is 2. The van der Waals surface area contributed by atoms with E-state index in [1.54, 1.807) is 6.07 Å². The Labute approximate surface area is 214 Å². The molecule has 1 aromatic heterocycles. The third-order valence-corrected chi connectivity index (χ3v) is 7.19. The standard InChI is InChI=1S/C19H18BrF3N4O7PS/c20-9-3-10(5-24-4-9)36-19-18(29)16(17(28)14(34-19)7-33-35(30,31)32)27-6-13(25-26-27)8-1-11(21)15(23)12(22)2-8/h1-6,14,16-19,26,28-29H,7H2,(H2,30,31,32)/q-1/t14?,16?,17-,18?,19+/m0/s1. The van der Waals surface area contributed by atoms with Crippen molar-refractivity contribution in [3.63, 3.8) is 0 Å². The van der Waals surface area contributed by atoms with Crippen molar-refractivity contribution in [3.8, 4) is 0 Å². The lowest BCUT2D eigenvalue weighted by molar-refractivity contribution is -0.186. The summed E-state index contributed by atoms with van der Waals surface area (Å²) in [5.41, 5.74) is 5.17. The molecule has 1 saturated heterocycles. The first-order valence-electron chi connectivity index (χ1n) is 10.0. The zero-order valence-corrected chi connectivity index (χ0v) is 21.1. The molecule has 0 radical (unpaired) electrons. The van der Waals surface area contributed by atoms with E-state index in [4.69, 9.17) is 14.5 Å². The number of pyridine rings is 1. The number of hydrogen-bond donors (Lipinski definition) is 5. The predicted molar refractivity (Wildman–Crippen MR) is 123 cm³/mol. The van der Waals surface area contributed by atoms with E-state index in [0.29, 0.717) is 9.37 Å². The fraction of sp³-hybridized carbons (Fsp3) is 0.316. The Hall–Kier alpha value is -1.72. The van der Waals surface area contributed by atoms with Crippen molar-refractivity contribution >= 4 is 41.2 Å². The largest absolute Gasteiger partial charge is 0.602 e. The van der Waals surface area contributed by atoms with Crippen LogP contribution in [0.4, 0.5) is 13.2 Å². The quantitative estimate of drug-likeness (QED) is 0.230. The molecular weight excluding hydrogens is 596 g/mol. The number of aliphatic hydroxyl groups excluding tert-OH is 2. The lowest BCUT2D eigenvalue weighted by Gasteiger charge is -2.46. The molecule has 17 heteroatoms. The molecule has 3 unspecified atom stereocenters. The number of benzene rings is 1. The Morgan fingerprint density at radius 2 is 1.89 bits per heavy atom. The van der Waals surface area contributed by atoms with Gasteiger partial charge in [-0.05, 0) is 39.7 Å². The van der Waals surface area contributed by atoms with Crippen LogP contribution in [0.25, 0.3) is 11.1 Å². The average molecular weight is 614 g/mol. The topological polar surface area (TPSA) is 159 Å². The highest BCUT2D eigenvalue weighted by molar-refractivity contribution is 9.10. The van der Waals surface area contributed by atoms with E-state index in [0.717, 1.165) is 28.9 Å². The van der Waals surface area contributed by atoms with Crippen molar-refractivity contribution < 1.29 is 47.0 Å². The lowest BCUT2D eigenvalue weighted by atomic mass is 9.97. The number of hydrogen-bond acceptors (Lipinski definition) is 9. The van der Waals surface area contributed by atoms with Crippen LogP contribution < -0.4 is 5.53 Å². The van der Waals surface area contributed by atoms with Gasteiger partial charge in [-0.25, -0.2) is 17.7 Å². The van der Waals surface area contributed by atoms with Gasteiger partial charge in [-0.1, -0.05) is 11.8 Å². The molecule has 0 aliphatic carbocycles. The highest BCUT2D eigenvalue weighted by Gasteiger charge is 2.48. The van der Waals surface area contributed by atoms with E-state index < -0.39 is 61.7 Å². The molecule has 0 amide bonds. The van der Waals surface area contributed by atoms with Gasteiger partial charge in [-0.2, -0.15) is 0 Å². The minimum absolute atomic E-state index is 0.0397. The normalized spacial score (nSPS) is 26.6. The second-order valence-electron chi connectivity index (χ2n) is 7.65. The molecule has 11 nitrogen and oxygen atoms in total. The Morgan fingerprint density at radius 3 is 2.53 bits per heavy atom. The highest BCUT2D eigenvalue weighted by Crippen LogP contribution is 2.40. The van der Waals surface area contributed by atoms with Crippen LogP contribution in [-0.2, 0) is 13.8 Å². The van der Waals surface area contributed by atoms with Crippen molar-refractivity contribution in [1.29, 1.82) is 0 Å². The zero-order chi connectivity index (χ0) is 26.2. The van der Waals surface area contributed by atoms with E-state index in [-0.39, 0.29) is 11.3 Å². The molecule has 0 bridgehead atoms. The average Bonchev–Trinajstić information content (AvgIpc) is 3.27. The van der Waals surface area contributed by atoms with Gasteiger partial charge >= 0.3 is 7.82 Å². The first-order chi connectivity index (χ1) is 16.9. The van der Waals surface area contributed by atoms with Crippen LogP contribution in [0, 0.1) is 17.5 Å². The zero-order valence-electron chi connectivity index (χ0n) is 17.8. The van der Waals surface area contributed by atoms with Crippen molar-refractivity contribution in [1.82, 2.24) is 15.5 Å². The molecule has 196 valence electrons. The van der Waals surface area contributed by atoms with Gasteiger partial charge in [0, 0.05) is 28.0 Å². The fourth-order valence-corrected chi connectivity index (χ4v) is 5.48. The van der Waals surface area contributed by atoms with Gasteiger partial charge in [0.2, 0.25) is 0 Å². The Morgan fingerprint density at radius 1 is 1.19 bits per heavy atom. The second-order valence-corrected chi connectivity index (χ2v) is 11.0. The number of phosphoric acid groups is 1. The van der Waals surface area contributed by atoms with Gasteiger partial charge in [-0.3, -0.25) is 9.51 Å². The van der Waals surface area contributed by atoms with Crippen LogP contribution in [0.5, 0.6) is 0 Å². The first-order valence-corrected chi connectivity index (χ1v) is 13.2. The smallest absolute Gasteiger partial charge is 0.469 e. The molecule has 3 heterocycles. The monoisotopic (exact) mass is 613 g/mol. The first kappa shape index (κ1) is 27.3. The van der Waals surface area contributed by atoms with Crippen molar-refractivity contribution in [2.24, 2.45) is 0 Å². The number of thioether (sulfide) groups is 1. The van der Waals surface area contributed by atoms with Gasteiger partial charge in [0.15, 0.2) is 17.5 Å². The maximum atomic E-state index is 13.7. The molecule has 0 saturated carbocycles. The summed E-state index contributed by atoms with van der Waals surface area (Å²) in [6.07, 6.45) is -0.0825. The van der Waals surface area contributed by atoms with E-state index in [1.165, 1.54) is 18.6 Å². The molecule has 2 aliphatic heterocycles. The Bertz CT molecular complexity index is 1190. The third-order valence-electron chi connectivity index (χ3n) is 5.16. The van der Waals surface area contributed by atoms with Crippen LogP contribution in [0.1, 0.15) is 5.56 Å². The molecule has 2 aliphatic rings. The van der Waals surface area contributed by atoms with Crippen LogP contribution in [0.2, 0.25) is 0 Å². The summed E-state index contributed by atoms with van der Waals surface area (Å²) in [7, 11) is -4.91. The van der Waals surface area contributed by atoms with Crippen molar-refractivity contribution in [3.05, 3.63) is 69.7 Å². The minimum Gasteiger partial charge on any atom is -0.602 e. The van der Waals surface area contributed by atoms with E-state index in [1.807, 2.05) is 0 Å². The SMILES string of the molecule is O=P(O)(O)OCC1O[C@H](Sc2cncc(Br)c2)C(O)C(N2C=C(c3cc(F)c(F)c(F)c3)[N-]N2)[C@H]1O. The summed E-state index contributed by atoms with van der Waals surface area (Å²) in [4.78, 5) is 22.7. The van der Waals surface area contributed by atoms with E-state index >= 15 is 0 Å². The van der Waals surface area contributed by atoms with Crippen LogP contribution in [0.3, 0.4) is 0 Å². The number of nitrogens with one attached hydrogen (secondary N) is 1. The summed E-state index contributed by atoms with van der Waals surface area (Å²) < 4.78 is 62.8. The molecule has 2 aromatic rings. The van der Waals surface area contributed by atoms with Crippen molar-refractivity contribution in [2.75, 3.05) is 6.61 Å². The molecule has 0 spiro atoms. The minimum atomic E-state index is -4.91. The number of aromatic nitrogens is 1. The molecule has 36 heavy (non-hydrogen) atoms. The van der Waals surface area contributed by atoms with Crippen LogP contribution in [0.15, 0.2) is 46.2 Å². The number of nitrogens with zero attached hydrogens (tertiary/aromatic N) is 3. The molecule has 5 atom stereocenters. The van der Waals surface area contributed by atoms with Crippen LogP contribution >= 0.6 is 35.5 Å². The van der Waals surface area contributed by atoms with Crippen LogP contribution in [-0.4, -0.2) is 66.4 Å². The van der Waals surface area contributed by atoms with E-state index in [2.05, 4.69) is 36.4 Å². The summed E-state index contributed by atoms with van der Waals surface area (Å²) in [6.45, 7) is -0.724. The highest BCUT2D eigenvalue weighted by atomic mass is 79.9. The summed E-state index contributed by atoms with van der Waals surface area (Å²) >= 11 is 4.30. The number of ether oxygens (including phenoxy) is 1. The summed E-state index contributed by atoms with van der Waals surface area (Å²) in [5, 5.41) is 23.1. The van der Waals surface area contributed by atoms with Gasteiger partial charge < -0.3 is 40.7 Å². The maximum Gasteiger partial charge on any atom is 0.469 e. The second kappa shape index (κ2) is 10.9. The van der Waals surface area contributed by atoms with Gasteiger partial charge in [0.25, 0.3) is 0 Å². The van der Waals surface area contributed by atoms with Gasteiger partial charge in [-0.15, -0.1) is 5.70 Å². The molecule has 1 aromatic carbocycles. The summed E-state index contributed by atoms with van der Waals surface area (Å²) in [6, 6.07) is 1.91. The van der Waals surface area contributed by atoms with Gasteiger partial charge in [0.1, 0.15) is 29.8 Å². The Kier molecular flexibility index (Phi) is 8.31. The maximum absolute atomic E-state index is 13.7. The number of hydrazine groups is 1. The molecule has 4 rings (SSSR count). The number of phosphoric ester groups is 1. The predicted octanol–water partition coefficient (Wildman–Crippen LogP) is 2.39. The summed E-state index contributed by atoms with van der Waals surface area (Å²) in [5.74, 6) is -4.51. The third kappa shape index (κ3) is 6.22. The van der Waals surface area contributed by atoms with Gasteiger partial charge in [0.05, 0.1) is 6.61 Å². The Balaban J connectivity index is 1.62.